The monoisotopic (exact) mass is 482 g/mol. The molecule has 0 unspecified atom stereocenters. The Morgan fingerprint density at radius 2 is 1.59 bits per heavy atom. The first-order valence-electron chi connectivity index (χ1n) is 11.1. The van der Waals surface area contributed by atoms with Gasteiger partial charge in [0, 0.05) is 31.7 Å². The van der Waals surface area contributed by atoms with E-state index < -0.39 is 16.1 Å². The van der Waals surface area contributed by atoms with E-state index in [4.69, 9.17) is 0 Å². The summed E-state index contributed by atoms with van der Waals surface area (Å²) in [5.41, 5.74) is 1.65. The first-order valence-corrected chi connectivity index (χ1v) is 12.6. The quantitative estimate of drug-likeness (QED) is 0.704. The summed E-state index contributed by atoms with van der Waals surface area (Å²) >= 11 is 0. The number of hydrogen-bond donors (Lipinski definition) is 1. The second-order valence-electron chi connectivity index (χ2n) is 9.36. The lowest BCUT2D eigenvalue weighted by Gasteiger charge is -2.35. The van der Waals surface area contributed by atoms with Gasteiger partial charge in [0.1, 0.15) is 12.1 Å². The van der Waals surface area contributed by atoms with E-state index in [9.17, 15) is 23.3 Å². The Morgan fingerprint density at radius 3 is 2.15 bits per heavy atom. The Morgan fingerprint density at radius 1 is 1.00 bits per heavy atom. The number of benzene rings is 2. The molecule has 8 nitrogen and oxygen atoms in total. The Labute approximate surface area is 201 Å². The van der Waals surface area contributed by atoms with Gasteiger partial charge in [-0.05, 0) is 42.2 Å². The molecule has 1 N–H and O–H groups in total. The van der Waals surface area contributed by atoms with Crippen molar-refractivity contribution in [2.24, 2.45) is 0 Å². The van der Waals surface area contributed by atoms with Crippen LogP contribution >= 0.6 is 0 Å². The van der Waals surface area contributed by atoms with Crippen molar-refractivity contribution in [3.05, 3.63) is 65.2 Å². The maximum atomic E-state index is 13.0. The zero-order valence-electron chi connectivity index (χ0n) is 19.9. The molecule has 1 aliphatic rings. The van der Waals surface area contributed by atoms with Crippen LogP contribution in [0.3, 0.4) is 0 Å². The number of amides is 2. The molecule has 2 aromatic rings. The Balaban J connectivity index is 1.59. The van der Waals surface area contributed by atoms with Crippen LogP contribution in [-0.2, 0) is 20.2 Å². The van der Waals surface area contributed by atoms with Crippen LogP contribution in [0.15, 0.2) is 53.4 Å². The molecule has 180 valence electrons. The molecule has 34 heavy (non-hydrogen) atoms. The van der Waals surface area contributed by atoms with Crippen LogP contribution in [0.2, 0.25) is 0 Å². The lowest BCUT2D eigenvalue weighted by Crippen LogP contribution is -2.55. The maximum Gasteiger partial charge on any atom is 0.251 e. The second-order valence-corrected chi connectivity index (χ2v) is 11.3. The largest absolute Gasteiger partial charge is 0.341 e. The third-order valence-corrected chi connectivity index (χ3v) is 7.86. The van der Waals surface area contributed by atoms with Gasteiger partial charge in [0.25, 0.3) is 5.91 Å². The summed E-state index contributed by atoms with van der Waals surface area (Å²) in [6.45, 7) is 8.53. The van der Waals surface area contributed by atoms with Crippen molar-refractivity contribution in [1.29, 1.82) is 5.26 Å². The number of piperazine rings is 1. The Kier molecular flexibility index (Phi) is 7.44. The number of nitrogens with one attached hydrogen (secondary N) is 1. The van der Waals surface area contributed by atoms with Crippen LogP contribution in [-0.4, -0.2) is 61.7 Å². The molecule has 0 spiro atoms. The van der Waals surface area contributed by atoms with Crippen molar-refractivity contribution < 1.29 is 18.0 Å². The molecule has 2 amide bonds. The van der Waals surface area contributed by atoms with Gasteiger partial charge in [-0.2, -0.15) is 9.57 Å². The molecule has 3 rings (SSSR count). The highest BCUT2D eigenvalue weighted by Crippen LogP contribution is 2.23. The summed E-state index contributed by atoms with van der Waals surface area (Å²) in [4.78, 5) is 27.0. The van der Waals surface area contributed by atoms with Gasteiger partial charge in [0.15, 0.2) is 0 Å². The molecule has 0 aliphatic carbocycles. The van der Waals surface area contributed by atoms with Crippen molar-refractivity contribution in [1.82, 2.24) is 14.5 Å². The van der Waals surface area contributed by atoms with Gasteiger partial charge in [-0.3, -0.25) is 9.59 Å². The first kappa shape index (κ1) is 25.4. The zero-order valence-corrected chi connectivity index (χ0v) is 20.7. The highest BCUT2D eigenvalue weighted by molar-refractivity contribution is 7.89. The van der Waals surface area contributed by atoms with E-state index in [0.717, 1.165) is 5.56 Å². The van der Waals surface area contributed by atoms with Crippen molar-refractivity contribution in [3.8, 4) is 6.07 Å². The standard InChI is InChI=1S/C25H30N4O4S/c1-18(27-23(30)19-9-11-21(12-10-19)25(2,3)4)24(31)28-13-15-29(16-14-28)34(32,33)22-8-6-5-7-20(22)17-26/h5-12,18H,13-16H2,1-4H3,(H,27,30)/t18-/m0/s1. The normalized spacial score (nSPS) is 15.9. The minimum Gasteiger partial charge on any atom is -0.341 e. The fourth-order valence-corrected chi connectivity index (χ4v) is 5.37. The van der Waals surface area contributed by atoms with Gasteiger partial charge in [-0.25, -0.2) is 8.42 Å². The molecular formula is C25H30N4O4S. The van der Waals surface area contributed by atoms with Gasteiger partial charge in [0.05, 0.1) is 10.5 Å². The molecule has 1 saturated heterocycles. The lowest BCUT2D eigenvalue weighted by molar-refractivity contribution is -0.134. The molecular weight excluding hydrogens is 452 g/mol. The van der Waals surface area contributed by atoms with Crippen molar-refractivity contribution in [2.45, 2.75) is 44.0 Å². The number of carbonyl (C=O) groups excluding carboxylic acids is 2. The molecule has 1 heterocycles. The van der Waals surface area contributed by atoms with Crippen LogP contribution in [0.4, 0.5) is 0 Å². The molecule has 0 radical (unpaired) electrons. The van der Waals surface area contributed by atoms with Crippen LogP contribution in [0, 0.1) is 11.3 Å². The summed E-state index contributed by atoms with van der Waals surface area (Å²) < 4.78 is 27.2. The molecule has 0 aromatic heterocycles. The van der Waals surface area contributed by atoms with E-state index in [1.165, 1.54) is 16.4 Å². The fourth-order valence-electron chi connectivity index (χ4n) is 3.81. The molecule has 1 atom stereocenters. The number of sulfonamides is 1. The Bertz CT molecular complexity index is 1200. The summed E-state index contributed by atoms with van der Waals surface area (Å²) in [7, 11) is -3.84. The zero-order chi connectivity index (χ0) is 25.1. The molecule has 1 fully saturated rings. The average Bonchev–Trinajstić information content (AvgIpc) is 2.83. The number of rotatable bonds is 5. The highest BCUT2D eigenvalue weighted by atomic mass is 32.2. The number of carbonyl (C=O) groups is 2. The predicted octanol–water partition coefficient (Wildman–Crippen LogP) is 2.51. The number of nitrogens with zero attached hydrogens (tertiary/aromatic N) is 3. The van der Waals surface area contributed by atoms with Gasteiger partial charge in [0.2, 0.25) is 15.9 Å². The topological polar surface area (TPSA) is 111 Å². The summed E-state index contributed by atoms with van der Waals surface area (Å²) in [5.74, 6) is -0.607. The fraction of sp³-hybridized carbons (Fsp3) is 0.400. The van der Waals surface area contributed by atoms with E-state index in [0.29, 0.717) is 5.56 Å². The van der Waals surface area contributed by atoms with Crippen molar-refractivity contribution >= 4 is 21.8 Å². The molecule has 0 bridgehead atoms. The Hall–Kier alpha value is -3.22. The molecule has 9 heteroatoms. The number of nitriles is 1. The van der Waals surface area contributed by atoms with Gasteiger partial charge in [-0.15, -0.1) is 0 Å². The SMILES string of the molecule is C[C@H](NC(=O)c1ccc(C(C)(C)C)cc1)C(=O)N1CCN(S(=O)(=O)c2ccccc2C#N)CC1. The second kappa shape index (κ2) is 9.95. The highest BCUT2D eigenvalue weighted by Gasteiger charge is 2.33. The predicted molar refractivity (Wildman–Crippen MR) is 129 cm³/mol. The summed E-state index contributed by atoms with van der Waals surface area (Å²) in [6.07, 6.45) is 0. The molecule has 0 saturated carbocycles. The van der Waals surface area contributed by atoms with Crippen LogP contribution in [0.5, 0.6) is 0 Å². The molecule has 2 aromatic carbocycles. The van der Waals surface area contributed by atoms with Crippen molar-refractivity contribution in [3.63, 3.8) is 0 Å². The van der Waals surface area contributed by atoms with E-state index >= 15 is 0 Å². The van der Waals surface area contributed by atoms with Crippen LogP contribution in [0.25, 0.3) is 0 Å². The van der Waals surface area contributed by atoms with Crippen molar-refractivity contribution in [2.75, 3.05) is 26.2 Å². The van der Waals surface area contributed by atoms with E-state index in [1.807, 2.05) is 18.2 Å². The lowest BCUT2D eigenvalue weighted by atomic mass is 9.86. The van der Waals surface area contributed by atoms with Gasteiger partial charge >= 0.3 is 0 Å². The van der Waals surface area contributed by atoms with Gasteiger partial charge in [-0.1, -0.05) is 45.0 Å². The third kappa shape index (κ3) is 5.46. The van der Waals surface area contributed by atoms with Crippen LogP contribution < -0.4 is 5.32 Å². The van der Waals surface area contributed by atoms with Crippen LogP contribution in [0.1, 0.15) is 49.2 Å². The van der Waals surface area contributed by atoms with E-state index in [1.54, 1.807) is 36.1 Å². The van der Waals surface area contributed by atoms with E-state index in [2.05, 4.69) is 26.1 Å². The third-order valence-electron chi connectivity index (χ3n) is 5.91. The van der Waals surface area contributed by atoms with Gasteiger partial charge < -0.3 is 10.2 Å². The summed E-state index contributed by atoms with van der Waals surface area (Å²) in [6, 6.07) is 14.5. The minimum absolute atomic E-state index is 0.0232. The van der Waals surface area contributed by atoms with E-state index in [-0.39, 0.29) is 53.9 Å². The number of hydrogen-bond acceptors (Lipinski definition) is 5. The molecule has 1 aliphatic heterocycles. The maximum absolute atomic E-state index is 13.0. The minimum atomic E-state index is -3.84. The first-order chi connectivity index (χ1) is 15.9. The average molecular weight is 483 g/mol. The smallest absolute Gasteiger partial charge is 0.251 e. The summed E-state index contributed by atoms with van der Waals surface area (Å²) in [5, 5.41) is 12.0.